The molecule has 0 saturated carbocycles. The van der Waals surface area contributed by atoms with Gasteiger partial charge in [0.15, 0.2) is 16.8 Å². The number of benzene rings is 2. The van der Waals surface area contributed by atoms with Crippen LogP contribution in [0.4, 0.5) is 13.9 Å². The number of hydrogen-bond acceptors (Lipinski definition) is 4. The van der Waals surface area contributed by atoms with Crippen LogP contribution in [0.5, 0.6) is 0 Å². The second-order valence-electron chi connectivity index (χ2n) is 7.17. The molecule has 1 aromatic heterocycles. The van der Waals surface area contributed by atoms with E-state index in [4.69, 9.17) is 0 Å². The maximum absolute atomic E-state index is 13.7. The molecule has 0 N–H and O–H groups in total. The van der Waals surface area contributed by atoms with Gasteiger partial charge in [0, 0.05) is 12.1 Å². The first-order chi connectivity index (χ1) is 13.3. The van der Waals surface area contributed by atoms with Gasteiger partial charge >= 0.3 is 0 Å². The van der Waals surface area contributed by atoms with E-state index >= 15 is 0 Å². The molecular weight excluding hydrogens is 416 g/mol. The molecule has 1 heterocycles. The van der Waals surface area contributed by atoms with Crippen molar-refractivity contribution in [1.29, 1.82) is 0 Å². The lowest BCUT2D eigenvalue weighted by Crippen LogP contribution is -2.33. The van der Waals surface area contributed by atoms with Gasteiger partial charge in [0.05, 0.1) is 10.2 Å². The van der Waals surface area contributed by atoms with Crippen molar-refractivity contribution in [3.05, 3.63) is 58.7 Å². The summed E-state index contributed by atoms with van der Waals surface area (Å²) >= 11 is 1.44. The second-order valence-corrected chi connectivity index (χ2v) is 8.15. The topological polar surface area (TPSA) is 36.4 Å². The summed E-state index contributed by atoms with van der Waals surface area (Å²) in [5.74, 6) is -2.39. The van der Waals surface area contributed by atoms with Crippen molar-refractivity contribution in [2.75, 3.05) is 32.1 Å². The van der Waals surface area contributed by atoms with Crippen LogP contribution in [-0.2, 0) is 0 Å². The molecule has 0 fully saturated rings. The zero-order valence-electron chi connectivity index (χ0n) is 16.8. The molecule has 2 aromatic carbocycles. The van der Waals surface area contributed by atoms with E-state index in [9.17, 15) is 13.6 Å². The molecule has 29 heavy (non-hydrogen) atoms. The summed E-state index contributed by atoms with van der Waals surface area (Å²) < 4.78 is 28.0. The summed E-state index contributed by atoms with van der Waals surface area (Å²) in [5.41, 5.74) is 3.16. The zero-order valence-corrected chi connectivity index (χ0v) is 18.5. The molecule has 0 aliphatic rings. The Bertz CT molecular complexity index is 1020. The molecule has 1 amide bonds. The predicted octanol–water partition coefficient (Wildman–Crippen LogP) is 5.21. The highest BCUT2D eigenvalue weighted by atomic mass is 35.5. The fourth-order valence-corrected chi connectivity index (χ4v) is 4.13. The van der Waals surface area contributed by atoms with Gasteiger partial charge in [-0.05, 0) is 76.3 Å². The Kier molecular flexibility index (Phi) is 7.68. The SMILES string of the molecule is Cc1cc(C)c2sc(N(CCCN(C)C)C(=O)c3ccc(F)c(F)c3)nc2c1.Cl. The molecule has 4 nitrogen and oxygen atoms in total. The molecule has 0 bridgehead atoms. The fraction of sp³-hybridized carbons (Fsp3) is 0.333. The molecule has 0 atom stereocenters. The van der Waals surface area contributed by atoms with Crippen molar-refractivity contribution < 1.29 is 13.6 Å². The molecule has 0 aliphatic heterocycles. The Hall–Kier alpha value is -2.09. The van der Waals surface area contributed by atoms with E-state index < -0.39 is 11.6 Å². The average Bonchev–Trinajstić information content (AvgIpc) is 3.04. The van der Waals surface area contributed by atoms with Gasteiger partial charge in [0.1, 0.15) is 0 Å². The van der Waals surface area contributed by atoms with Crippen molar-refractivity contribution >= 4 is 45.0 Å². The molecule has 0 unspecified atom stereocenters. The first-order valence-corrected chi connectivity index (χ1v) is 9.87. The number of aryl methyl sites for hydroxylation is 2. The number of nitrogens with zero attached hydrogens (tertiary/aromatic N) is 3. The first kappa shape index (κ1) is 23.2. The second kappa shape index (κ2) is 9.61. The summed E-state index contributed by atoms with van der Waals surface area (Å²) in [6.07, 6.45) is 0.732. The van der Waals surface area contributed by atoms with Crippen molar-refractivity contribution in [3.8, 4) is 0 Å². The van der Waals surface area contributed by atoms with Gasteiger partial charge < -0.3 is 4.90 Å². The summed E-state index contributed by atoms with van der Waals surface area (Å²) in [7, 11) is 3.93. The number of fused-ring (bicyclic) bond motifs is 1. The molecule has 8 heteroatoms. The maximum atomic E-state index is 13.7. The van der Waals surface area contributed by atoms with Crippen LogP contribution in [0.2, 0.25) is 0 Å². The van der Waals surface area contributed by atoms with Crippen LogP contribution in [0.1, 0.15) is 27.9 Å². The fourth-order valence-electron chi connectivity index (χ4n) is 3.09. The van der Waals surface area contributed by atoms with Crippen LogP contribution >= 0.6 is 23.7 Å². The largest absolute Gasteiger partial charge is 0.309 e. The number of amides is 1. The molecule has 0 spiro atoms. The van der Waals surface area contributed by atoms with Gasteiger partial charge in [-0.25, -0.2) is 13.8 Å². The lowest BCUT2D eigenvalue weighted by molar-refractivity contribution is 0.0985. The number of thiazole rings is 1. The predicted molar refractivity (Wildman–Crippen MR) is 118 cm³/mol. The minimum Gasteiger partial charge on any atom is -0.309 e. The maximum Gasteiger partial charge on any atom is 0.260 e. The van der Waals surface area contributed by atoms with Crippen molar-refractivity contribution in [3.63, 3.8) is 0 Å². The van der Waals surface area contributed by atoms with Gasteiger partial charge in [-0.15, -0.1) is 12.4 Å². The summed E-state index contributed by atoms with van der Waals surface area (Å²) in [4.78, 5) is 21.4. The normalized spacial score (nSPS) is 11.0. The highest BCUT2D eigenvalue weighted by molar-refractivity contribution is 7.22. The minimum absolute atomic E-state index is 0. The molecule has 3 aromatic rings. The standard InChI is InChI=1S/C21H23F2N3OS.ClH/c1-13-10-14(2)19-18(11-13)24-21(28-19)26(9-5-8-25(3)4)20(27)15-6-7-16(22)17(23)12-15;/h6-7,10-12H,5,8-9H2,1-4H3;1H. The Morgan fingerprint density at radius 2 is 1.79 bits per heavy atom. The molecule has 3 rings (SSSR count). The molecule has 156 valence electrons. The van der Waals surface area contributed by atoms with E-state index in [0.717, 1.165) is 46.4 Å². The molecule has 0 saturated heterocycles. The minimum atomic E-state index is -1.03. The Morgan fingerprint density at radius 3 is 2.45 bits per heavy atom. The number of carbonyl (C=O) groups excluding carboxylic acids is 1. The van der Waals surface area contributed by atoms with Crippen molar-refractivity contribution in [1.82, 2.24) is 9.88 Å². The van der Waals surface area contributed by atoms with Crippen LogP contribution in [-0.4, -0.2) is 43.0 Å². The van der Waals surface area contributed by atoms with E-state index in [1.807, 2.05) is 38.9 Å². The number of carbonyl (C=O) groups is 1. The van der Waals surface area contributed by atoms with E-state index in [1.54, 1.807) is 4.90 Å². The van der Waals surface area contributed by atoms with Gasteiger partial charge in [0.25, 0.3) is 5.91 Å². The highest BCUT2D eigenvalue weighted by Gasteiger charge is 2.22. The quantitative estimate of drug-likeness (QED) is 0.529. The molecular formula is C21H24ClF2N3OS. The number of halogens is 3. The lowest BCUT2D eigenvalue weighted by Gasteiger charge is -2.21. The number of anilines is 1. The number of hydrogen-bond donors (Lipinski definition) is 0. The third-order valence-electron chi connectivity index (χ3n) is 4.44. The smallest absolute Gasteiger partial charge is 0.260 e. The molecule has 0 aliphatic carbocycles. The van der Waals surface area contributed by atoms with Crippen molar-refractivity contribution in [2.24, 2.45) is 0 Å². The lowest BCUT2D eigenvalue weighted by atomic mass is 10.1. The van der Waals surface area contributed by atoms with Crippen LogP contribution in [0.15, 0.2) is 30.3 Å². The van der Waals surface area contributed by atoms with Crippen molar-refractivity contribution in [2.45, 2.75) is 20.3 Å². The van der Waals surface area contributed by atoms with E-state index in [0.29, 0.717) is 11.7 Å². The Labute approximate surface area is 179 Å². The van der Waals surface area contributed by atoms with Crippen LogP contribution in [0, 0.1) is 25.5 Å². The van der Waals surface area contributed by atoms with Gasteiger partial charge in [-0.3, -0.25) is 9.69 Å². The third kappa shape index (κ3) is 5.29. The van der Waals surface area contributed by atoms with Gasteiger partial charge in [-0.2, -0.15) is 0 Å². The third-order valence-corrected chi connectivity index (χ3v) is 5.67. The summed E-state index contributed by atoms with van der Waals surface area (Å²) in [6.45, 7) is 5.26. The number of rotatable bonds is 6. The van der Waals surface area contributed by atoms with Crippen LogP contribution in [0.25, 0.3) is 10.2 Å². The van der Waals surface area contributed by atoms with E-state index in [-0.39, 0.29) is 23.9 Å². The van der Waals surface area contributed by atoms with Gasteiger partial charge in [0.2, 0.25) is 0 Å². The summed E-state index contributed by atoms with van der Waals surface area (Å²) in [5, 5.41) is 0.567. The number of aromatic nitrogens is 1. The Balaban J connectivity index is 0.00000300. The highest BCUT2D eigenvalue weighted by Crippen LogP contribution is 2.33. The summed E-state index contributed by atoms with van der Waals surface area (Å²) in [6, 6.07) is 7.30. The zero-order chi connectivity index (χ0) is 20.4. The van der Waals surface area contributed by atoms with Gasteiger partial charge in [-0.1, -0.05) is 17.4 Å². The van der Waals surface area contributed by atoms with Crippen LogP contribution < -0.4 is 4.90 Å². The van der Waals surface area contributed by atoms with E-state index in [1.165, 1.54) is 17.4 Å². The first-order valence-electron chi connectivity index (χ1n) is 9.05. The van der Waals surface area contributed by atoms with E-state index in [2.05, 4.69) is 11.1 Å². The average molecular weight is 440 g/mol. The van der Waals surface area contributed by atoms with Crippen LogP contribution in [0.3, 0.4) is 0 Å². The monoisotopic (exact) mass is 439 g/mol. The Morgan fingerprint density at radius 1 is 1.07 bits per heavy atom. The molecule has 0 radical (unpaired) electrons.